The molecule has 2 saturated carbocycles. The molecule has 0 N–H and O–H groups in total. The van der Waals surface area contributed by atoms with Crippen LogP contribution in [0.25, 0.3) is 0 Å². The third-order valence-electron chi connectivity index (χ3n) is 5.43. The van der Waals surface area contributed by atoms with E-state index in [0.717, 1.165) is 23.7 Å². The Morgan fingerprint density at radius 3 is 1.22 bits per heavy atom. The highest BCUT2D eigenvalue weighted by Crippen LogP contribution is 2.36. The fourth-order valence-electron chi connectivity index (χ4n) is 3.90. The molecule has 0 aromatic heterocycles. The Bertz CT molecular complexity index is 221. The van der Waals surface area contributed by atoms with Gasteiger partial charge in [0.1, 0.15) is 0 Å². The summed E-state index contributed by atoms with van der Waals surface area (Å²) in [6.07, 6.45) is 18.8. The van der Waals surface area contributed by atoms with Crippen molar-refractivity contribution < 1.29 is 0 Å². The topological polar surface area (TPSA) is 0 Å². The lowest BCUT2D eigenvalue weighted by Gasteiger charge is -2.30. The number of hydrogen-bond acceptors (Lipinski definition) is 0. The maximum absolute atomic E-state index is 3.94. The second-order valence-electron chi connectivity index (χ2n) is 6.61. The van der Waals surface area contributed by atoms with Gasteiger partial charge in [0.05, 0.1) is 0 Å². The van der Waals surface area contributed by atoms with Crippen LogP contribution in [0.4, 0.5) is 0 Å². The van der Waals surface area contributed by atoms with Crippen molar-refractivity contribution in [3.05, 3.63) is 25.3 Å². The van der Waals surface area contributed by atoms with Crippen LogP contribution in [0.3, 0.4) is 0 Å². The highest BCUT2D eigenvalue weighted by Gasteiger charge is 2.22. The molecular weight excluding hydrogens is 216 g/mol. The molecule has 0 saturated heterocycles. The first-order valence-electron chi connectivity index (χ1n) is 8.07. The Labute approximate surface area is 114 Å². The van der Waals surface area contributed by atoms with Gasteiger partial charge in [-0.3, -0.25) is 0 Å². The molecular formula is C18H30. The lowest BCUT2D eigenvalue weighted by atomic mass is 9.76. The van der Waals surface area contributed by atoms with Crippen LogP contribution < -0.4 is 0 Å². The van der Waals surface area contributed by atoms with Crippen LogP contribution >= 0.6 is 0 Å². The summed E-state index contributed by atoms with van der Waals surface area (Å²) in [5.41, 5.74) is 0. The zero-order valence-corrected chi connectivity index (χ0v) is 11.9. The average Bonchev–Trinajstić information content (AvgIpc) is 2.46. The standard InChI is InChI=1S/C18H30/c1-3-15-5-9-17(10-6-15)13-14-18-11-7-16(4-2)8-12-18/h3-4,15-18H,1-2,5-14H2. The summed E-state index contributed by atoms with van der Waals surface area (Å²) in [4.78, 5) is 0. The second kappa shape index (κ2) is 7.16. The molecule has 0 heterocycles. The van der Waals surface area contributed by atoms with Crippen LogP contribution in [0, 0.1) is 23.7 Å². The molecule has 0 heteroatoms. The Kier molecular flexibility index (Phi) is 5.53. The monoisotopic (exact) mass is 246 g/mol. The molecule has 0 aliphatic heterocycles. The number of hydrogen-bond donors (Lipinski definition) is 0. The minimum Gasteiger partial charge on any atom is -0.103 e. The van der Waals surface area contributed by atoms with Crippen molar-refractivity contribution >= 4 is 0 Å². The predicted octanol–water partition coefficient (Wildman–Crippen LogP) is 5.75. The van der Waals surface area contributed by atoms with Crippen LogP contribution in [-0.4, -0.2) is 0 Å². The lowest BCUT2D eigenvalue weighted by molar-refractivity contribution is 0.241. The fraction of sp³-hybridized carbons (Fsp3) is 0.778. The molecule has 0 unspecified atom stereocenters. The van der Waals surface area contributed by atoms with Crippen molar-refractivity contribution in [3.63, 3.8) is 0 Å². The summed E-state index contributed by atoms with van der Waals surface area (Å²) in [6.45, 7) is 7.87. The summed E-state index contributed by atoms with van der Waals surface area (Å²) >= 11 is 0. The van der Waals surface area contributed by atoms with E-state index in [4.69, 9.17) is 0 Å². The minimum absolute atomic E-state index is 0.823. The predicted molar refractivity (Wildman–Crippen MR) is 80.5 cm³/mol. The summed E-state index contributed by atoms with van der Waals surface area (Å²) < 4.78 is 0. The summed E-state index contributed by atoms with van der Waals surface area (Å²) in [6, 6.07) is 0. The molecule has 0 aromatic carbocycles. The molecule has 0 spiro atoms. The van der Waals surface area contributed by atoms with Gasteiger partial charge in [-0.2, -0.15) is 0 Å². The van der Waals surface area contributed by atoms with Gasteiger partial charge in [0.15, 0.2) is 0 Å². The Balaban J connectivity index is 1.61. The van der Waals surface area contributed by atoms with Crippen molar-refractivity contribution in [1.29, 1.82) is 0 Å². The molecule has 0 bridgehead atoms. The molecule has 0 aromatic rings. The molecule has 0 amide bonds. The van der Waals surface area contributed by atoms with E-state index in [2.05, 4.69) is 25.3 Å². The first-order valence-corrected chi connectivity index (χ1v) is 8.07. The Morgan fingerprint density at radius 1 is 0.611 bits per heavy atom. The maximum Gasteiger partial charge on any atom is -0.0236 e. The summed E-state index contributed by atoms with van der Waals surface area (Å²) in [5.74, 6) is 3.70. The fourth-order valence-corrected chi connectivity index (χ4v) is 3.90. The van der Waals surface area contributed by atoms with Gasteiger partial charge >= 0.3 is 0 Å². The molecule has 0 nitrogen and oxygen atoms in total. The highest BCUT2D eigenvalue weighted by atomic mass is 14.3. The number of allylic oxidation sites excluding steroid dienone is 2. The van der Waals surface area contributed by atoms with Crippen molar-refractivity contribution in [2.45, 2.75) is 64.2 Å². The van der Waals surface area contributed by atoms with Crippen molar-refractivity contribution in [2.75, 3.05) is 0 Å². The van der Waals surface area contributed by atoms with Gasteiger partial charge in [0, 0.05) is 0 Å². The van der Waals surface area contributed by atoms with Gasteiger partial charge < -0.3 is 0 Å². The Morgan fingerprint density at radius 2 is 0.944 bits per heavy atom. The third-order valence-corrected chi connectivity index (χ3v) is 5.43. The van der Waals surface area contributed by atoms with E-state index in [1.807, 2.05) is 0 Å². The zero-order valence-electron chi connectivity index (χ0n) is 11.9. The average molecular weight is 246 g/mol. The highest BCUT2D eigenvalue weighted by molar-refractivity contribution is 4.86. The molecule has 2 aliphatic rings. The smallest absolute Gasteiger partial charge is 0.0236 e. The summed E-state index contributed by atoms with van der Waals surface area (Å²) in [7, 11) is 0. The van der Waals surface area contributed by atoms with Gasteiger partial charge in [-0.25, -0.2) is 0 Å². The minimum atomic E-state index is 0.823. The van der Waals surface area contributed by atoms with Crippen molar-refractivity contribution in [2.24, 2.45) is 23.7 Å². The first kappa shape index (κ1) is 13.9. The molecule has 2 fully saturated rings. The zero-order chi connectivity index (χ0) is 12.8. The molecule has 2 aliphatic carbocycles. The van der Waals surface area contributed by atoms with Crippen LogP contribution in [0.5, 0.6) is 0 Å². The van der Waals surface area contributed by atoms with Gasteiger partial charge in [0.2, 0.25) is 0 Å². The van der Waals surface area contributed by atoms with Crippen molar-refractivity contribution in [1.82, 2.24) is 0 Å². The molecule has 18 heavy (non-hydrogen) atoms. The largest absolute Gasteiger partial charge is 0.103 e. The van der Waals surface area contributed by atoms with E-state index in [9.17, 15) is 0 Å². The number of rotatable bonds is 5. The quantitative estimate of drug-likeness (QED) is 0.542. The van der Waals surface area contributed by atoms with E-state index < -0.39 is 0 Å². The van der Waals surface area contributed by atoms with Crippen LogP contribution in [0.15, 0.2) is 25.3 Å². The summed E-state index contributed by atoms with van der Waals surface area (Å²) in [5, 5.41) is 0. The first-order chi connectivity index (χ1) is 8.81. The van der Waals surface area contributed by atoms with Crippen LogP contribution in [0.2, 0.25) is 0 Å². The van der Waals surface area contributed by atoms with E-state index in [1.54, 1.807) is 0 Å². The molecule has 0 radical (unpaired) electrons. The second-order valence-corrected chi connectivity index (χ2v) is 6.61. The van der Waals surface area contributed by atoms with Crippen LogP contribution in [-0.2, 0) is 0 Å². The van der Waals surface area contributed by atoms with E-state index >= 15 is 0 Å². The van der Waals surface area contributed by atoms with E-state index in [1.165, 1.54) is 64.2 Å². The van der Waals surface area contributed by atoms with Crippen LogP contribution in [0.1, 0.15) is 64.2 Å². The lowest BCUT2D eigenvalue weighted by Crippen LogP contribution is -2.17. The van der Waals surface area contributed by atoms with E-state index in [0.29, 0.717) is 0 Å². The van der Waals surface area contributed by atoms with Gasteiger partial charge in [-0.15, -0.1) is 13.2 Å². The third kappa shape index (κ3) is 4.00. The van der Waals surface area contributed by atoms with Gasteiger partial charge in [-0.05, 0) is 75.0 Å². The van der Waals surface area contributed by atoms with Gasteiger partial charge in [-0.1, -0.05) is 25.0 Å². The normalized spacial score (nSPS) is 37.1. The SMILES string of the molecule is C=CC1CCC(CCC2CCC(C=C)CC2)CC1. The Hall–Kier alpha value is -0.520. The molecule has 2 rings (SSSR count). The maximum atomic E-state index is 3.94. The molecule has 102 valence electrons. The van der Waals surface area contributed by atoms with Crippen molar-refractivity contribution in [3.8, 4) is 0 Å². The van der Waals surface area contributed by atoms with Gasteiger partial charge in [0.25, 0.3) is 0 Å². The molecule has 0 atom stereocenters. The van der Waals surface area contributed by atoms with E-state index in [-0.39, 0.29) is 0 Å².